The predicted molar refractivity (Wildman–Crippen MR) is 86.9 cm³/mol. The second kappa shape index (κ2) is 6.95. The molecule has 1 aromatic carbocycles. The summed E-state index contributed by atoms with van der Waals surface area (Å²) >= 11 is 3.45. The van der Waals surface area contributed by atoms with Crippen LogP contribution in [0.1, 0.15) is 23.4 Å². The van der Waals surface area contributed by atoms with Crippen LogP contribution in [0.5, 0.6) is 0 Å². The van der Waals surface area contributed by atoms with Gasteiger partial charge in [0.05, 0.1) is 0 Å². The van der Waals surface area contributed by atoms with E-state index in [4.69, 9.17) is 0 Å². The SMILES string of the molecule is CNCCCc1c(C)nc(-c2ccc(Br)cc2)nc1C. The summed E-state index contributed by atoms with van der Waals surface area (Å²) in [6.45, 7) is 5.17. The molecule has 1 N–H and O–H groups in total. The van der Waals surface area contributed by atoms with Crippen molar-refractivity contribution >= 4 is 15.9 Å². The van der Waals surface area contributed by atoms with E-state index in [-0.39, 0.29) is 0 Å². The first-order valence-corrected chi connectivity index (χ1v) is 7.65. The van der Waals surface area contributed by atoms with Gasteiger partial charge in [0.1, 0.15) is 0 Å². The van der Waals surface area contributed by atoms with Gasteiger partial charge in [-0.2, -0.15) is 0 Å². The zero-order valence-electron chi connectivity index (χ0n) is 12.2. The number of rotatable bonds is 5. The van der Waals surface area contributed by atoms with Crippen molar-refractivity contribution in [1.82, 2.24) is 15.3 Å². The molecular weight excluding hydrogens is 314 g/mol. The molecule has 1 aromatic heterocycles. The van der Waals surface area contributed by atoms with Gasteiger partial charge in [-0.25, -0.2) is 9.97 Å². The minimum atomic E-state index is 0.810. The van der Waals surface area contributed by atoms with Gasteiger partial charge in [-0.3, -0.25) is 0 Å². The van der Waals surface area contributed by atoms with Gasteiger partial charge in [0.15, 0.2) is 5.82 Å². The average Bonchev–Trinajstić information content (AvgIpc) is 2.42. The summed E-state index contributed by atoms with van der Waals surface area (Å²) in [5.41, 5.74) is 4.51. The second-order valence-electron chi connectivity index (χ2n) is 4.91. The van der Waals surface area contributed by atoms with Gasteiger partial charge in [-0.15, -0.1) is 0 Å². The number of halogens is 1. The normalized spacial score (nSPS) is 10.8. The van der Waals surface area contributed by atoms with E-state index >= 15 is 0 Å². The van der Waals surface area contributed by atoms with Crippen molar-refractivity contribution in [3.8, 4) is 11.4 Å². The van der Waals surface area contributed by atoms with Crippen LogP contribution in [-0.2, 0) is 6.42 Å². The van der Waals surface area contributed by atoms with Crippen molar-refractivity contribution in [2.45, 2.75) is 26.7 Å². The van der Waals surface area contributed by atoms with Crippen LogP contribution < -0.4 is 5.32 Å². The number of aromatic nitrogens is 2. The number of benzene rings is 1. The van der Waals surface area contributed by atoms with E-state index in [0.717, 1.165) is 46.6 Å². The van der Waals surface area contributed by atoms with Crippen molar-refractivity contribution < 1.29 is 0 Å². The van der Waals surface area contributed by atoms with E-state index in [9.17, 15) is 0 Å². The van der Waals surface area contributed by atoms with Crippen LogP contribution in [-0.4, -0.2) is 23.6 Å². The Kier molecular flexibility index (Phi) is 5.26. The van der Waals surface area contributed by atoms with E-state index < -0.39 is 0 Å². The summed E-state index contributed by atoms with van der Waals surface area (Å²) in [6.07, 6.45) is 2.14. The largest absolute Gasteiger partial charge is 0.320 e. The highest BCUT2D eigenvalue weighted by molar-refractivity contribution is 9.10. The second-order valence-corrected chi connectivity index (χ2v) is 5.83. The molecule has 1 heterocycles. The summed E-state index contributed by atoms with van der Waals surface area (Å²) in [7, 11) is 1.98. The molecule has 0 atom stereocenters. The number of nitrogens with one attached hydrogen (secondary N) is 1. The van der Waals surface area contributed by atoms with E-state index in [0.29, 0.717) is 0 Å². The molecule has 20 heavy (non-hydrogen) atoms. The molecule has 0 saturated heterocycles. The fraction of sp³-hybridized carbons (Fsp3) is 0.375. The summed E-state index contributed by atoms with van der Waals surface area (Å²) in [5.74, 6) is 0.810. The minimum Gasteiger partial charge on any atom is -0.320 e. The molecule has 2 aromatic rings. The van der Waals surface area contributed by atoms with Crippen molar-refractivity contribution in [3.63, 3.8) is 0 Å². The topological polar surface area (TPSA) is 37.8 Å². The summed E-state index contributed by atoms with van der Waals surface area (Å²) in [6, 6.07) is 8.12. The minimum absolute atomic E-state index is 0.810. The van der Waals surface area contributed by atoms with Gasteiger partial charge in [-0.05, 0) is 58.0 Å². The zero-order chi connectivity index (χ0) is 14.5. The maximum absolute atomic E-state index is 4.67. The average molecular weight is 334 g/mol. The maximum atomic E-state index is 4.67. The van der Waals surface area contributed by atoms with Gasteiger partial charge in [0, 0.05) is 21.4 Å². The molecule has 0 fully saturated rings. The number of aryl methyl sites for hydroxylation is 2. The molecule has 0 amide bonds. The Morgan fingerprint density at radius 1 is 1.05 bits per heavy atom. The highest BCUT2D eigenvalue weighted by atomic mass is 79.9. The van der Waals surface area contributed by atoms with Crippen LogP contribution in [0.25, 0.3) is 11.4 Å². The first-order chi connectivity index (χ1) is 9.61. The smallest absolute Gasteiger partial charge is 0.159 e. The van der Waals surface area contributed by atoms with E-state index in [2.05, 4.69) is 45.1 Å². The van der Waals surface area contributed by atoms with Crippen LogP contribution in [0, 0.1) is 13.8 Å². The molecular formula is C16H20BrN3. The Balaban J connectivity index is 2.27. The number of nitrogens with zero attached hydrogens (tertiary/aromatic N) is 2. The Morgan fingerprint density at radius 2 is 1.65 bits per heavy atom. The monoisotopic (exact) mass is 333 g/mol. The van der Waals surface area contributed by atoms with Crippen LogP contribution in [0.4, 0.5) is 0 Å². The number of hydrogen-bond acceptors (Lipinski definition) is 3. The molecule has 0 unspecified atom stereocenters. The molecule has 4 heteroatoms. The fourth-order valence-electron chi connectivity index (χ4n) is 2.27. The molecule has 0 radical (unpaired) electrons. The first-order valence-electron chi connectivity index (χ1n) is 6.86. The lowest BCUT2D eigenvalue weighted by Crippen LogP contribution is -2.10. The molecule has 2 rings (SSSR count). The Labute approximate surface area is 129 Å². The van der Waals surface area contributed by atoms with E-state index in [1.807, 2.05) is 31.3 Å². The van der Waals surface area contributed by atoms with Crippen molar-refractivity contribution in [2.24, 2.45) is 0 Å². The molecule has 0 spiro atoms. The first kappa shape index (κ1) is 15.1. The molecule has 0 saturated carbocycles. The van der Waals surface area contributed by atoms with Crippen molar-refractivity contribution in [1.29, 1.82) is 0 Å². The third kappa shape index (κ3) is 3.64. The third-order valence-electron chi connectivity index (χ3n) is 3.38. The lowest BCUT2D eigenvalue weighted by Gasteiger charge is -2.11. The number of hydrogen-bond donors (Lipinski definition) is 1. The Bertz CT molecular complexity index is 556. The van der Waals surface area contributed by atoms with Crippen molar-refractivity contribution in [3.05, 3.63) is 45.7 Å². The Morgan fingerprint density at radius 3 is 2.20 bits per heavy atom. The highest BCUT2D eigenvalue weighted by Crippen LogP contribution is 2.21. The molecule has 0 bridgehead atoms. The molecule has 0 aliphatic carbocycles. The zero-order valence-corrected chi connectivity index (χ0v) is 13.8. The fourth-order valence-corrected chi connectivity index (χ4v) is 2.54. The Hall–Kier alpha value is -1.26. The lowest BCUT2D eigenvalue weighted by molar-refractivity contribution is 0.715. The summed E-state index contributed by atoms with van der Waals surface area (Å²) in [4.78, 5) is 9.33. The summed E-state index contributed by atoms with van der Waals surface area (Å²) in [5, 5.41) is 3.17. The van der Waals surface area contributed by atoms with Gasteiger partial charge >= 0.3 is 0 Å². The van der Waals surface area contributed by atoms with Crippen molar-refractivity contribution in [2.75, 3.05) is 13.6 Å². The molecule has 3 nitrogen and oxygen atoms in total. The molecule has 0 aliphatic rings. The summed E-state index contributed by atoms with van der Waals surface area (Å²) < 4.78 is 1.07. The van der Waals surface area contributed by atoms with Gasteiger partial charge in [0.25, 0.3) is 0 Å². The van der Waals surface area contributed by atoms with Crippen LogP contribution in [0.15, 0.2) is 28.7 Å². The quantitative estimate of drug-likeness (QED) is 0.848. The van der Waals surface area contributed by atoms with Crippen LogP contribution in [0.3, 0.4) is 0 Å². The third-order valence-corrected chi connectivity index (χ3v) is 3.91. The lowest BCUT2D eigenvalue weighted by atomic mass is 10.1. The van der Waals surface area contributed by atoms with Crippen LogP contribution >= 0.6 is 15.9 Å². The highest BCUT2D eigenvalue weighted by Gasteiger charge is 2.09. The maximum Gasteiger partial charge on any atom is 0.159 e. The van der Waals surface area contributed by atoms with Gasteiger partial charge < -0.3 is 5.32 Å². The van der Waals surface area contributed by atoms with E-state index in [1.165, 1.54) is 5.56 Å². The van der Waals surface area contributed by atoms with Gasteiger partial charge in [-0.1, -0.05) is 28.1 Å². The van der Waals surface area contributed by atoms with Crippen LogP contribution in [0.2, 0.25) is 0 Å². The standard InChI is InChI=1S/C16H20BrN3/c1-11-15(5-4-10-18-3)12(2)20-16(19-11)13-6-8-14(17)9-7-13/h6-9,18H,4-5,10H2,1-3H3. The van der Waals surface area contributed by atoms with E-state index in [1.54, 1.807) is 0 Å². The molecule has 0 aliphatic heterocycles. The van der Waals surface area contributed by atoms with Gasteiger partial charge in [0.2, 0.25) is 0 Å². The predicted octanol–water partition coefficient (Wildman–Crippen LogP) is 3.67. The molecule has 106 valence electrons.